The van der Waals surface area contributed by atoms with E-state index in [1.165, 1.54) is 12.8 Å². The van der Waals surface area contributed by atoms with Crippen LogP contribution in [0.1, 0.15) is 65.1 Å². The molecule has 0 spiro atoms. The lowest BCUT2D eigenvalue weighted by atomic mass is 9.96. The molecule has 0 radical (unpaired) electrons. The zero-order valence-electron chi connectivity index (χ0n) is 14.9. The number of amides is 1. The van der Waals surface area contributed by atoms with Crippen molar-refractivity contribution in [2.45, 2.75) is 71.3 Å². The molecule has 2 heterocycles. The summed E-state index contributed by atoms with van der Waals surface area (Å²) < 4.78 is 5.24. The molecule has 1 fully saturated rings. The van der Waals surface area contributed by atoms with E-state index in [0.29, 0.717) is 24.8 Å². The Balaban J connectivity index is 1.66. The Morgan fingerprint density at radius 3 is 2.87 bits per heavy atom. The lowest BCUT2D eigenvalue weighted by Gasteiger charge is -2.22. The van der Waals surface area contributed by atoms with E-state index < -0.39 is 0 Å². The number of nitrogens with zero attached hydrogens (tertiary/aromatic N) is 3. The average Bonchev–Trinajstić information content (AvgIpc) is 3.13. The average molecular weight is 322 g/mol. The molecule has 1 unspecified atom stereocenters. The van der Waals surface area contributed by atoms with Crippen molar-refractivity contribution in [2.24, 2.45) is 0 Å². The maximum Gasteiger partial charge on any atom is 0.226 e. The highest BCUT2D eigenvalue weighted by atomic mass is 16.5. The molecule has 1 aliphatic rings. The van der Waals surface area contributed by atoms with Gasteiger partial charge in [0.05, 0.1) is 0 Å². The Morgan fingerprint density at radius 2 is 2.22 bits per heavy atom. The van der Waals surface area contributed by atoms with Crippen molar-refractivity contribution in [3.8, 4) is 0 Å². The molecular formula is C17H30N4O2. The van der Waals surface area contributed by atoms with Gasteiger partial charge in [-0.05, 0) is 32.4 Å². The van der Waals surface area contributed by atoms with E-state index in [4.69, 9.17) is 4.52 Å². The summed E-state index contributed by atoms with van der Waals surface area (Å²) in [7, 11) is 0. The lowest BCUT2D eigenvalue weighted by molar-refractivity contribution is -0.121. The van der Waals surface area contributed by atoms with Gasteiger partial charge in [-0.1, -0.05) is 32.9 Å². The first-order chi connectivity index (χ1) is 10.9. The summed E-state index contributed by atoms with van der Waals surface area (Å²) in [4.78, 5) is 18.8. The third kappa shape index (κ3) is 5.30. The van der Waals surface area contributed by atoms with Crippen LogP contribution in [0, 0.1) is 0 Å². The van der Waals surface area contributed by atoms with Crippen molar-refractivity contribution in [2.75, 3.05) is 19.6 Å². The van der Waals surface area contributed by atoms with Gasteiger partial charge < -0.3 is 9.84 Å². The van der Waals surface area contributed by atoms with Gasteiger partial charge in [-0.15, -0.1) is 0 Å². The molecule has 0 saturated carbocycles. The molecule has 130 valence electrons. The van der Waals surface area contributed by atoms with Gasteiger partial charge in [0.1, 0.15) is 0 Å². The van der Waals surface area contributed by atoms with Crippen molar-refractivity contribution >= 4 is 5.91 Å². The van der Waals surface area contributed by atoms with E-state index in [-0.39, 0.29) is 11.3 Å². The molecule has 1 amide bonds. The predicted molar refractivity (Wildman–Crippen MR) is 89.2 cm³/mol. The maximum atomic E-state index is 12.0. The number of hydrogen-bond donors (Lipinski definition) is 1. The number of carbonyl (C=O) groups excluding carboxylic acids is 1. The first-order valence-electron chi connectivity index (χ1n) is 8.74. The number of rotatable bonds is 7. The molecule has 1 saturated heterocycles. The minimum atomic E-state index is -0.106. The van der Waals surface area contributed by atoms with Gasteiger partial charge in [0.15, 0.2) is 5.82 Å². The summed E-state index contributed by atoms with van der Waals surface area (Å²) in [6, 6.07) is 0.509. The first kappa shape index (κ1) is 17.9. The Labute approximate surface area is 139 Å². The van der Waals surface area contributed by atoms with Crippen LogP contribution in [0.25, 0.3) is 0 Å². The number of nitrogens with one attached hydrogen (secondary N) is 1. The fourth-order valence-electron chi connectivity index (χ4n) is 2.92. The molecular weight excluding hydrogens is 292 g/mol. The number of hydrogen-bond acceptors (Lipinski definition) is 5. The van der Waals surface area contributed by atoms with Gasteiger partial charge in [-0.2, -0.15) is 4.98 Å². The maximum absolute atomic E-state index is 12.0. The van der Waals surface area contributed by atoms with Crippen LogP contribution in [0.2, 0.25) is 0 Å². The van der Waals surface area contributed by atoms with E-state index in [9.17, 15) is 4.79 Å². The molecule has 0 aliphatic carbocycles. The van der Waals surface area contributed by atoms with E-state index in [1.54, 1.807) is 0 Å². The van der Waals surface area contributed by atoms with Crippen LogP contribution in [0.3, 0.4) is 0 Å². The summed E-state index contributed by atoms with van der Waals surface area (Å²) >= 11 is 0. The van der Waals surface area contributed by atoms with Gasteiger partial charge >= 0.3 is 0 Å². The Kier molecular flexibility index (Phi) is 6.16. The Morgan fingerprint density at radius 1 is 1.43 bits per heavy atom. The van der Waals surface area contributed by atoms with Gasteiger partial charge in [-0.25, -0.2) is 0 Å². The quantitative estimate of drug-likeness (QED) is 0.834. The topological polar surface area (TPSA) is 71.3 Å². The molecule has 6 heteroatoms. The molecule has 0 aromatic carbocycles. The number of carbonyl (C=O) groups is 1. The summed E-state index contributed by atoms with van der Waals surface area (Å²) in [6.07, 6.45) is 4.32. The van der Waals surface area contributed by atoms with Crippen LogP contribution in [0.4, 0.5) is 0 Å². The van der Waals surface area contributed by atoms with Crippen molar-refractivity contribution < 1.29 is 9.32 Å². The molecule has 2 rings (SSSR count). The summed E-state index contributed by atoms with van der Waals surface area (Å²) in [5.41, 5.74) is -0.106. The largest absolute Gasteiger partial charge is 0.355 e. The van der Waals surface area contributed by atoms with Gasteiger partial charge in [0, 0.05) is 30.8 Å². The minimum Gasteiger partial charge on any atom is -0.355 e. The molecule has 1 aromatic heterocycles. The van der Waals surface area contributed by atoms with Gasteiger partial charge in [-0.3, -0.25) is 9.69 Å². The first-order valence-corrected chi connectivity index (χ1v) is 8.74. The molecule has 6 nitrogen and oxygen atoms in total. The Hall–Kier alpha value is -1.43. The molecule has 0 bridgehead atoms. The van der Waals surface area contributed by atoms with Crippen LogP contribution in [-0.2, 0) is 16.6 Å². The number of likely N-dealkylation sites (tertiary alicyclic amines) is 1. The molecule has 1 aromatic rings. The van der Waals surface area contributed by atoms with E-state index in [1.807, 2.05) is 0 Å². The zero-order chi connectivity index (χ0) is 16.9. The zero-order valence-corrected chi connectivity index (χ0v) is 14.9. The van der Waals surface area contributed by atoms with Gasteiger partial charge in [0.2, 0.25) is 11.8 Å². The minimum absolute atomic E-state index is 0.106. The van der Waals surface area contributed by atoms with E-state index >= 15 is 0 Å². The standard InChI is InChI=1S/C17H30N4O2/c1-5-21-11-7-8-13(21)12-18-14(22)9-6-10-15-19-16(20-23-15)17(2,3)4/h13H,5-12H2,1-4H3,(H,18,22). The van der Waals surface area contributed by atoms with Crippen LogP contribution in [0.15, 0.2) is 4.52 Å². The van der Waals surface area contributed by atoms with E-state index in [0.717, 1.165) is 31.9 Å². The second kappa shape index (κ2) is 7.90. The predicted octanol–water partition coefficient (Wildman–Crippen LogP) is 2.29. The highest BCUT2D eigenvalue weighted by molar-refractivity contribution is 5.75. The highest BCUT2D eigenvalue weighted by Gasteiger charge is 2.23. The smallest absolute Gasteiger partial charge is 0.226 e. The van der Waals surface area contributed by atoms with Gasteiger partial charge in [0.25, 0.3) is 0 Å². The monoisotopic (exact) mass is 322 g/mol. The normalized spacial score (nSPS) is 19.2. The van der Waals surface area contributed by atoms with Crippen LogP contribution >= 0.6 is 0 Å². The second-order valence-electron chi connectivity index (χ2n) is 7.34. The van der Waals surface area contributed by atoms with Crippen molar-refractivity contribution in [3.05, 3.63) is 11.7 Å². The number of aryl methyl sites for hydroxylation is 1. The summed E-state index contributed by atoms with van der Waals surface area (Å²) in [5, 5.41) is 7.06. The van der Waals surface area contributed by atoms with Crippen molar-refractivity contribution in [1.82, 2.24) is 20.4 Å². The Bertz CT molecular complexity index is 507. The molecule has 1 atom stereocenters. The second-order valence-corrected chi connectivity index (χ2v) is 7.34. The third-order valence-corrected chi connectivity index (χ3v) is 4.37. The fourth-order valence-corrected chi connectivity index (χ4v) is 2.92. The number of likely N-dealkylation sites (N-methyl/N-ethyl adjacent to an activating group) is 1. The van der Waals surface area contributed by atoms with E-state index in [2.05, 4.69) is 48.1 Å². The molecule has 1 aliphatic heterocycles. The van der Waals surface area contributed by atoms with Crippen LogP contribution in [0.5, 0.6) is 0 Å². The summed E-state index contributed by atoms with van der Waals surface area (Å²) in [6.45, 7) is 11.3. The van der Waals surface area contributed by atoms with Crippen molar-refractivity contribution in [1.29, 1.82) is 0 Å². The molecule has 1 N–H and O–H groups in total. The SMILES string of the molecule is CCN1CCCC1CNC(=O)CCCc1nc(C(C)(C)C)no1. The lowest BCUT2D eigenvalue weighted by Crippen LogP contribution is -2.39. The summed E-state index contributed by atoms with van der Waals surface area (Å²) in [5.74, 6) is 1.46. The van der Waals surface area contributed by atoms with Crippen molar-refractivity contribution in [3.63, 3.8) is 0 Å². The molecule has 23 heavy (non-hydrogen) atoms. The van der Waals surface area contributed by atoms with Crippen LogP contribution in [-0.4, -0.2) is 46.6 Å². The van der Waals surface area contributed by atoms with Crippen LogP contribution < -0.4 is 5.32 Å². The number of aromatic nitrogens is 2. The fraction of sp³-hybridized carbons (Fsp3) is 0.824. The third-order valence-electron chi connectivity index (χ3n) is 4.37. The highest BCUT2D eigenvalue weighted by Crippen LogP contribution is 2.19.